The maximum Gasteiger partial charge on any atom is 0.230 e. The zero-order valence-electron chi connectivity index (χ0n) is 12.6. The van der Waals surface area contributed by atoms with Gasteiger partial charge in [-0.1, -0.05) is 25.1 Å². The molecule has 0 aromatic heterocycles. The van der Waals surface area contributed by atoms with Crippen LogP contribution in [-0.4, -0.2) is 37.0 Å². The van der Waals surface area contributed by atoms with Crippen LogP contribution in [0.15, 0.2) is 24.3 Å². The quantitative estimate of drug-likeness (QED) is 0.905. The van der Waals surface area contributed by atoms with Gasteiger partial charge in [0.15, 0.2) is 0 Å². The molecule has 2 heterocycles. The van der Waals surface area contributed by atoms with Gasteiger partial charge >= 0.3 is 0 Å². The molecular weight excluding hydrogens is 264 g/mol. The molecule has 1 saturated heterocycles. The summed E-state index contributed by atoms with van der Waals surface area (Å²) < 4.78 is 5.66. The number of nitrogens with two attached hydrogens (primary N) is 1. The van der Waals surface area contributed by atoms with Gasteiger partial charge in [-0.25, -0.2) is 0 Å². The summed E-state index contributed by atoms with van der Waals surface area (Å²) in [6.45, 7) is 5.18. The minimum absolute atomic E-state index is 0.0539. The molecule has 2 N–H and O–H groups in total. The molecule has 114 valence electrons. The minimum atomic E-state index is -0.0539. The summed E-state index contributed by atoms with van der Waals surface area (Å²) in [6, 6.07) is 7.91. The van der Waals surface area contributed by atoms with Gasteiger partial charge in [-0.2, -0.15) is 0 Å². The van der Waals surface area contributed by atoms with Gasteiger partial charge in [-0.15, -0.1) is 0 Å². The van der Waals surface area contributed by atoms with Crippen molar-refractivity contribution >= 4 is 5.91 Å². The summed E-state index contributed by atoms with van der Waals surface area (Å²) in [6.07, 6.45) is 1.83. The first-order chi connectivity index (χ1) is 10.2. The lowest BCUT2D eigenvalue weighted by molar-refractivity contribution is -0.136. The number of ether oxygens (including phenoxy) is 1. The Morgan fingerprint density at radius 1 is 1.38 bits per heavy atom. The summed E-state index contributed by atoms with van der Waals surface area (Å²) in [5, 5.41) is 0. The summed E-state index contributed by atoms with van der Waals surface area (Å²) in [5.41, 5.74) is 6.89. The lowest BCUT2D eigenvalue weighted by Crippen LogP contribution is -2.47. The molecule has 3 unspecified atom stereocenters. The predicted molar refractivity (Wildman–Crippen MR) is 82.2 cm³/mol. The summed E-state index contributed by atoms with van der Waals surface area (Å²) in [7, 11) is 0. The van der Waals surface area contributed by atoms with Crippen LogP contribution in [-0.2, 0) is 4.79 Å². The number of benzene rings is 1. The van der Waals surface area contributed by atoms with Crippen LogP contribution in [0.25, 0.3) is 0 Å². The number of hydrogen-bond donors (Lipinski definition) is 1. The van der Waals surface area contributed by atoms with Crippen molar-refractivity contribution in [3.8, 4) is 5.75 Å². The van der Waals surface area contributed by atoms with Crippen LogP contribution < -0.4 is 10.5 Å². The molecule has 2 aliphatic rings. The molecule has 4 heteroatoms. The maximum atomic E-state index is 12.9. The van der Waals surface area contributed by atoms with Crippen molar-refractivity contribution in [3.05, 3.63) is 29.8 Å². The molecule has 1 aromatic carbocycles. The first-order valence-corrected chi connectivity index (χ1v) is 7.91. The third-order valence-electron chi connectivity index (χ3n) is 4.99. The highest BCUT2D eigenvalue weighted by atomic mass is 16.5. The maximum absolute atomic E-state index is 12.9. The van der Waals surface area contributed by atoms with E-state index in [0.29, 0.717) is 25.0 Å². The van der Waals surface area contributed by atoms with Crippen LogP contribution in [0.4, 0.5) is 0 Å². The van der Waals surface area contributed by atoms with E-state index in [2.05, 4.69) is 6.92 Å². The second-order valence-electron chi connectivity index (χ2n) is 6.27. The number of amides is 1. The SMILES string of the molecule is CC1CCN(C(=O)C2CCOc3ccccc32)CC1CN. The second-order valence-corrected chi connectivity index (χ2v) is 6.27. The average Bonchev–Trinajstić information content (AvgIpc) is 2.54. The van der Waals surface area contributed by atoms with Crippen LogP contribution in [0.2, 0.25) is 0 Å². The highest BCUT2D eigenvalue weighted by Gasteiger charge is 2.34. The molecule has 1 amide bonds. The van der Waals surface area contributed by atoms with E-state index in [0.717, 1.165) is 37.2 Å². The Labute approximate surface area is 126 Å². The van der Waals surface area contributed by atoms with Crippen LogP contribution in [0, 0.1) is 11.8 Å². The molecule has 3 rings (SSSR count). The fourth-order valence-electron chi connectivity index (χ4n) is 3.48. The van der Waals surface area contributed by atoms with Crippen LogP contribution in [0.1, 0.15) is 31.2 Å². The molecule has 0 saturated carbocycles. The fraction of sp³-hybridized carbons (Fsp3) is 0.588. The van der Waals surface area contributed by atoms with Crippen molar-refractivity contribution in [3.63, 3.8) is 0 Å². The number of fused-ring (bicyclic) bond motifs is 1. The lowest BCUT2D eigenvalue weighted by atomic mass is 9.85. The molecule has 21 heavy (non-hydrogen) atoms. The van der Waals surface area contributed by atoms with Gasteiger partial charge in [0.2, 0.25) is 5.91 Å². The fourth-order valence-corrected chi connectivity index (χ4v) is 3.48. The van der Waals surface area contributed by atoms with E-state index in [1.165, 1.54) is 0 Å². The lowest BCUT2D eigenvalue weighted by Gasteiger charge is -2.39. The summed E-state index contributed by atoms with van der Waals surface area (Å²) >= 11 is 0. The van der Waals surface area contributed by atoms with Gasteiger partial charge in [0, 0.05) is 18.7 Å². The van der Waals surface area contributed by atoms with E-state index in [1.807, 2.05) is 29.2 Å². The number of carbonyl (C=O) groups is 1. The highest BCUT2D eigenvalue weighted by molar-refractivity contribution is 5.85. The Hall–Kier alpha value is -1.55. The number of nitrogens with zero attached hydrogens (tertiary/aromatic N) is 1. The van der Waals surface area contributed by atoms with E-state index in [9.17, 15) is 4.79 Å². The standard InChI is InChI=1S/C17H24N2O2/c1-12-6-8-19(11-13(12)10-18)17(20)15-7-9-21-16-5-3-2-4-14(15)16/h2-5,12-13,15H,6-11,18H2,1H3. The number of para-hydroxylation sites is 1. The Morgan fingerprint density at radius 3 is 3.00 bits per heavy atom. The normalized spacial score (nSPS) is 28.7. The number of hydrogen-bond acceptors (Lipinski definition) is 3. The van der Waals surface area contributed by atoms with E-state index < -0.39 is 0 Å². The Kier molecular flexibility index (Phi) is 4.15. The zero-order chi connectivity index (χ0) is 14.8. The highest BCUT2D eigenvalue weighted by Crippen LogP contribution is 2.35. The van der Waals surface area contributed by atoms with E-state index in [4.69, 9.17) is 10.5 Å². The van der Waals surface area contributed by atoms with Crippen molar-refractivity contribution in [1.29, 1.82) is 0 Å². The van der Waals surface area contributed by atoms with Crippen LogP contribution in [0.3, 0.4) is 0 Å². The van der Waals surface area contributed by atoms with Crippen LogP contribution in [0.5, 0.6) is 5.75 Å². The molecule has 3 atom stereocenters. The van der Waals surface area contributed by atoms with Gasteiger partial charge in [-0.3, -0.25) is 4.79 Å². The third kappa shape index (κ3) is 2.77. The van der Waals surface area contributed by atoms with Gasteiger partial charge < -0.3 is 15.4 Å². The number of likely N-dealkylation sites (tertiary alicyclic amines) is 1. The monoisotopic (exact) mass is 288 g/mol. The van der Waals surface area contributed by atoms with Gasteiger partial charge in [0.25, 0.3) is 0 Å². The Balaban J connectivity index is 1.77. The second kappa shape index (κ2) is 6.06. The topological polar surface area (TPSA) is 55.6 Å². The van der Waals surface area contributed by atoms with E-state index >= 15 is 0 Å². The molecule has 4 nitrogen and oxygen atoms in total. The Bertz CT molecular complexity index is 517. The zero-order valence-corrected chi connectivity index (χ0v) is 12.6. The molecule has 0 spiro atoms. The van der Waals surface area contributed by atoms with Crippen molar-refractivity contribution in [2.24, 2.45) is 17.6 Å². The first-order valence-electron chi connectivity index (χ1n) is 7.91. The molecule has 1 aromatic rings. The first kappa shape index (κ1) is 14.4. The van der Waals surface area contributed by atoms with Gasteiger partial charge in [0.05, 0.1) is 12.5 Å². The number of piperidine rings is 1. The summed E-state index contributed by atoms with van der Waals surface area (Å²) in [5.74, 6) is 2.10. The molecule has 0 aliphatic carbocycles. The molecule has 0 radical (unpaired) electrons. The van der Waals surface area contributed by atoms with Crippen molar-refractivity contribution < 1.29 is 9.53 Å². The smallest absolute Gasteiger partial charge is 0.230 e. The molecule has 2 aliphatic heterocycles. The predicted octanol–water partition coefficient (Wildman–Crippen LogP) is 2.00. The van der Waals surface area contributed by atoms with Crippen molar-refractivity contribution in [2.75, 3.05) is 26.2 Å². The van der Waals surface area contributed by atoms with Gasteiger partial charge in [-0.05, 0) is 37.3 Å². The molecule has 1 fully saturated rings. The largest absolute Gasteiger partial charge is 0.493 e. The Morgan fingerprint density at radius 2 is 2.19 bits per heavy atom. The number of rotatable bonds is 2. The number of carbonyl (C=O) groups excluding carboxylic acids is 1. The molecule has 0 bridgehead atoms. The average molecular weight is 288 g/mol. The van der Waals surface area contributed by atoms with E-state index in [-0.39, 0.29) is 11.8 Å². The summed E-state index contributed by atoms with van der Waals surface area (Å²) in [4.78, 5) is 14.9. The molecular formula is C17H24N2O2. The minimum Gasteiger partial charge on any atom is -0.493 e. The van der Waals surface area contributed by atoms with Crippen LogP contribution >= 0.6 is 0 Å². The van der Waals surface area contributed by atoms with Crippen molar-refractivity contribution in [1.82, 2.24) is 4.90 Å². The van der Waals surface area contributed by atoms with E-state index in [1.54, 1.807) is 0 Å². The third-order valence-corrected chi connectivity index (χ3v) is 4.99. The van der Waals surface area contributed by atoms with Crippen molar-refractivity contribution in [2.45, 2.75) is 25.7 Å². The van der Waals surface area contributed by atoms with Gasteiger partial charge in [0.1, 0.15) is 5.75 Å².